The molecule has 0 radical (unpaired) electrons. The van der Waals surface area contributed by atoms with Crippen LogP contribution in [0.15, 0.2) is 67.3 Å². The summed E-state index contributed by atoms with van der Waals surface area (Å²) >= 11 is 1.56. The molecule has 0 spiro atoms. The van der Waals surface area contributed by atoms with Crippen molar-refractivity contribution in [1.82, 2.24) is 14.5 Å². The zero-order chi connectivity index (χ0) is 18.6. The van der Waals surface area contributed by atoms with Gasteiger partial charge in [-0.3, -0.25) is 9.69 Å². The van der Waals surface area contributed by atoms with Crippen LogP contribution in [0.2, 0.25) is 0 Å². The molecule has 2 aromatic heterocycles. The molecule has 0 saturated carbocycles. The number of benzene rings is 2. The van der Waals surface area contributed by atoms with Crippen LogP contribution in [0.3, 0.4) is 0 Å². The topological polar surface area (TPSA) is 51.0 Å². The number of carbonyl (C=O) groups is 1. The summed E-state index contributed by atoms with van der Waals surface area (Å²) in [6.45, 7) is 3.41. The van der Waals surface area contributed by atoms with Crippen molar-refractivity contribution in [2.24, 2.45) is 0 Å². The molecule has 0 saturated heterocycles. The van der Waals surface area contributed by atoms with E-state index in [4.69, 9.17) is 4.98 Å². The van der Waals surface area contributed by atoms with Crippen LogP contribution in [0.25, 0.3) is 10.2 Å². The van der Waals surface area contributed by atoms with E-state index in [0.717, 1.165) is 33.9 Å². The van der Waals surface area contributed by atoms with E-state index in [-0.39, 0.29) is 5.91 Å². The van der Waals surface area contributed by atoms with Crippen LogP contribution < -0.4 is 4.90 Å². The monoisotopic (exact) mass is 376 g/mol. The molecule has 0 fully saturated rings. The standard InChI is InChI=1S/C21H20N4OS/c1-16-6-4-7-17(14-16)20(26)25(12-5-11-24-13-10-22-15-24)21-23-18-8-2-3-9-19(18)27-21/h2-4,6-10,13-15H,5,11-12H2,1H3. The first-order chi connectivity index (χ1) is 13.2. The number of imidazole rings is 1. The van der Waals surface area contributed by atoms with Crippen molar-refractivity contribution in [2.45, 2.75) is 19.9 Å². The van der Waals surface area contributed by atoms with Crippen LogP contribution in [0.5, 0.6) is 0 Å². The molecule has 4 rings (SSSR count). The minimum atomic E-state index is -0.0108. The van der Waals surface area contributed by atoms with Crippen LogP contribution in [0, 0.1) is 6.92 Å². The van der Waals surface area contributed by atoms with Gasteiger partial charge in [0.15, 0.2) is 5.13 Å². The van der Waals surface area contributed by atoms with Crippen molar-refractivity contribution in [3.63, 3.8) is 0 Å². The second kappa shape index (κ2) is 7.72. The van der Waals surface area contributed by atoms with Gasteiger partial charge in [0.2, 0.25) is 0 Å². The highest BCUT2D eigenvalue weighted by atomic mass is 32.1. The molecule has 0 N–H and O–H groups in total. The lowest BCUT2D eigenvalue weighted by Gasteiger charge is -2.20. The zero-order valence-corrected chi connectivity index (χ0v) is 15.9. The van der Waals surface area contributed by atoms with Crippen molar-refractivity contribution >= 4 is 32.6 Å². The van der Waals surface area contributed by atoms with Crippen LogP contribution >= 0.6 is 11.3 Å². The maximum atomic E-state index is 13.2. The summed E-state index contributed by atoms with van der Waals surface area (Å²) in [6.07, 6.45) is 6.32. The summed E-state index contributed by atoms with van der Waals surface area (Å²) in [6, 6.07) is 15.7. The van der Waals surface area contributed by atoms with Gasteiger partial charge in [-0.1, -0.05) is 41.2 Å². The number of hydrogen-bond acceptors (Lipinski definition) is 4. The lowest BCUT2D eigenvalue weighted by atomic mass is 10.1. The van der Waals surface area contributed by atoms with Crippen molar-refractivity contribution in [3.05, 3.63) is 78.4 Å². The third-order valence-corrected chi connectivity index (χ3v) is 5.44. The lowest BCUT2D eigenvalue weighted by molar-refractivity contribution is 0.0986. The summed E-state index contributed by atoms with van der Waals surface area (Å²) < 4.78 is 3.11. The number of thiazole rings is 1. The van der Waals surface area contributed by atoms with E-state index in [1.54, 1.807) is 28.8 Å². The molecule has 27 heavy (non-hydrogen) atoms. The second-order valence-corrected chi connectivity index (χ2v) is 7.45. The molecule has 0 unspecified atom stereocenters. The predicted octanol–water partition coefficient (Wildman–Crippen LogP) is 4.54. The van der Waals surface area contributed by atoms with Gasteiger partial charge < -0.3 is 4.57 Å². The fourth-order valence-corrected chi connectivity index (χ4v) is 4.01. The maximum absolute atomic E-state index is 13.2. The van der Waals surface area contributed by atoms with E-state index in [1.165, 1.54) is 0 Å². The number of nitrogens with zero attached hydrogens (tertiary/aromatic N) is 4. The average Bonchev–Trinajstić information content (AvgIpc) is 3.34. The maximum Gasteiger partial charge on any atom is 0.260 e. The summed E-state index contributed by atoms with van der Waals surface area (Å²) in [4.78, 5) is 23.8. The van der Waals surface area contributed by atoms with E-state index in [0.29, 0.717) is 12.1 Å². The van der Waals surface area contributed by atoms with Crippen molar-refractivity contribution in [3.8, 4) is 0 Å². The first kappa shape index (κ1) is 17.4. The Morgan fingerprint density at radius 2 is 2.07 bits per heavy atom. The van der Waals surface area contributed by atoms with E-state index in [1.807, 2.05) is 66.2 Å². The number of aromatic nitrogens is 3. The van der Waals surface area contributed by atoms with Gasteiger partial charge >= 0.3 is 0 Å². The van der Waals surface area contributed by atoms with Gasteiger partial charge in [0, 0.05) is 31.0 Å². The van der Waals surface area contributed by atoms with Crippen LogP contribution in [0.1, 0.15) is 22.3 Å². The molecule has 0 aliphatic carbocycles. The number of aryl methyl sites for hydroxylation is 2. The Morgan fingerprint density at radius 1 is 1.19 bits per heavy atom. The number of anilines is 1. The molecule has 0 aliphatic heterocycles. The van der Waals surface area contributed by atoms with Gasteiger partial charge in [0.25, 0.3) is 5.91 Å². The van der Waals surface area contributed by atoms with Crippen molar-refractivity contribution in [1.29, 1.82) is 0 Å². The van der Waals surface area contributed by atoms with E-state index >= 15 is 0 Å². The number of amides is 1. The smallest absolute Gasteiger partial charge is 0.260 e. The first-order valence-electron chi connectivity index (χ1n) is 8.90. The van der Waals surface area contributed by atoms with Crippen molar-refractivity contribution in [2.75, 3.05) is 11.4 Å². The molecule has 4 aromatic rings. The summed E-state index contributed by atoms with van der Waals surface area (Å²) in [5.41, 5.74) is 2.69. The number of hydrogen-bond donors (Lipinski definition) is 0. The Bertz CT molecular complexity index is 1020. The number of rotatable bonds is 6. The Labute approximate surface area is 161 Å². The molecule has 2 aromatic carbocycles. The average molecular weight is 376 g/mol. The Morgan fingerprint density at radius 3 is 2.85 bits per heavy atom. The Balaban J connectivity index is 1.62. The fourth-order valence-electron chi connectivity index (χ4n) is 3.02. The number of fused-ring (bicyclic) bond motifs is 1. The SMILES string of the molecule is Cc1cccc(C(=O)N(CCCn2ccnc2)c2nc3ccccc3s2)c1. The lowest BCUT2D eigenvalue weighted by Crippen LogP contribution is -2.32. The highest BCUT2D eigenvalue weighted by Crippen LogP contribution is 2.29. The molecular weight excluding hydrogens is 356 g/mol. The van der Waals surface area contributed by atoms with E-state index in [9.17, 15) is 4.79 Å². The predicted molar refractivity (Wildman–Crippen MR) is 109 cm³/mol. The van der Waals surface area contributed by atoms with Crippen molar-refractivity contribution < 1.29 is 4.79 Å². The highest BCUT2D eigenvalue weighted by molar-refractivity contribution is 7.22. The van der Waals surface area contributed by atoms with Gasteiger partial charge in [-0.05, 0) is 37.6 Å². The Kier molecular flexibility index (Phi) is 4.98. The van der Waals surface area contributed by atoms with Gasteiger partial charge in [-0.15, -0.1) is 0 Å². The molecule has 0 atom stereocenters. The third kappa shape index (κ3) is 3.90. The fraction of sp³-hybridized carbons (Fsp3) is 0.190. The van der Waals surface area contributed by atoms with Crippen LogP contribution in [-0.2, 0) is 6.54 Å². The van der Waals surface area contributed by atoms with Gasteiger partial charge in [0.05, 0.1) is 16.5 Å². The molecule has 5 nitrogen and oxygen atoms in total. The molecular formula is C21H20N4OS. The largest absolute Gasteiger partial charge is 0.337 e. The summed E-state index contributed by atoms with van der Waals surface area (Å²) in [5.74, 6) is -0.0108. The van der Waals surface area contributed by atoms with Gasteiger partial charge in [-0.2, -0.15) is 0 Å². The van der Waals surface area contributed by atoms with Crippen LogP contribution in [0.4, 0.5) is 5.13 Å². The summed E-state index contributed by atoms with van der Waals surface area (Å²) in [5, 5.41) is 0.744. The molecule has 0 bridgehead atoms. The number of para-hydroxylation sites is 1. The van der Waals surface area contributed by atoms with E-state index < -0.39 is 0 Å². The number of carbonyl (C=O) groups excluding carboxylic acids is 1. The van der Waals surface area contributed by atoms with E-state index in [2.05, 4.69) is 4.98 Å². The minimum Gasteiger partial charge on any atom is -0.337 e. The van der Waals surface area contributed by atoms with Gasteiger partial charge in [-0.25, -0.2) is 9.97 Å². The van der Waals surface area contributed by atoms with Gasteiger partial charge in [0.1, 0.15) is 0 Å². The first-order valence-corrected chi connectivity index (χ1v) is 9.72. The molecule has 2 heterocycles. The minimum absolute atomic E-state index is 0.0108. The quantitative estimate of drug-likeness (QED) is 0.496. The second-order valence-electron chi connectivity index (χ2n) is 6.44. The zero-order valence-electron chi connectivity index (χ0n) is 15.1. The molecule has 6 heteroatoms. The highest BCUT2D eigenvalue weighted by Gasteiger charge is 2.21. The summed E-state index contributed by atoms with van der Waals surface area (Å²) in [7, 11) is 0. The third-order valence-electron chi connectivity index (χ3n) is 4.38. The molecule has 1 amide bonds. The Hall–Kier alpha value is -2.99. The molecule has 136 valence electrons. The molecule has 0 aliphatic rings. The van der Waals surface area contributed by atoms with Crippen LogP contribution in [-0.4, -0.2) is 27.0 Å². The normalized spacial score (nSPS) is 11.0.